The van der Waals surface area contributed by atoms with Gasteiger partial charge in [0.1, 0.15) is 5.58 Å². The van der Waals surface area contributed by atoms with Crippen molar-refractivity contribution in [3.63, 3.8) is 0 Å². The standard InChI is InChI=1S/C81H77BN4OS/c1-50-45-70-74-71(46-50)85(67-26-20-24-61-59-22-14-16-28-73(59)88-76(61)67)69-49-57(86-65-42-33-53(79(8,9)10)47-62(65)80(11)43-17-18-44-81(80,86)12)39-41-64(69)82(74)63-40-38-56(48-68(63)84(70)66-25-19-23-60-58-21-13-15-27-72(58)87-75(60)66)83(54-34-29-51(30-35-54)77(2,3)4)55-36-31-52(32-37-55)78(5,6)7/h13-16,19-42,45-49H,17-18,43-44H2,1-12H3. The van der Waals surface area contributed by atoms with E-state index >= 15 is 0 Å². The maximum absolute atomic E-state index is 7.11. The first kappa shape index (κ1) is 54.8. The second-order valence-corrected chi connectivity index (χ2v) is 30.4. The molecule has 10 aromatic carbocycles. The SMILES string of the molecule is Cc1cc2c3c(c1)N(c1cccc4c1sc1ccccc14)c1cc(N4c5ccc(C(C)(C)C)cc5C5(C)CCCCC45C)ccc1B3c1ccc(N(c3ccc(C(C)(C)C)cc3)c3ccc(C(C)(C)C)cc3)cc1N2c1cccc2c1oc1ccccc12. The number of para-hydroxylation sites is 2. The van der Waals surface area contributed by atoms with Gasteiger partial charge in [0.05, 0.1) is 21.6 Å². The van der Waals surface area contributed by atoms with Crippen LogP contribution in [0.4, 0.5) is 62.6 Å². The monoisotopic (exact) mass is 1160 g/mol. The Kier molecular flexibility index (Phi) is 12.0. The molecule has 1 saturated carbocycles. The zero-order chi connectivity index (χ0) is 60.6. The number of thiophene rings is 1. The van der Waals surface area contributed by atoms with Crippen LogP contribution in [0.5, 0.6) is 0 Å². The Bertz CT molecular complexity index is 4780. The zero-order valence-electron chi connectivity index (χ0n) is 53.1. The van der Waals surface area contributed by atoms with Crippen LogP contribution in [0.25, 0.3) is 42.1 Å². The third-order valence-electron chi connectivity index (χ3n) is 20.9. The number of aryl methyl sites for hydroxylation is 1. The van der Waals surface area contributed by atoms with Crippen molar-refractivity contribution in [1.29, 1.82) is 0 Å². The van der Waals surface area contributed by atoms with Crippen LogP contribution in [-0.2, 0) is 21.7 Å². The van der Waals surface area contributed by atoms with E-state index in [1.165, 1.54) is 112 Å². The molecule has 1 fully saturated rings. The van der Waals surface area contributed by atoms with E-state index in [4.69, 9.17) is 4.42 Å². The first-order valence-electron chi connectivity index (χ1n) is 32.0. The molecule has 1 aliphatic carbocycles. The van der Waals surface area contributed by atoms with Crippen molar-refractivity contribution in [2.24, 2.45) is 0 Å². The second-order valence-electron chi connectivity index (χ2n) is 29.4. The topological polar surface area (TPSA) is 26.1 Å². The average molecular weight is 1170 g/mol. The lowest BCUT2D eigenvalue weighted by Gasteiger charge is -2.50. The molecule has 0 N–H and O–H groups in total. The first-order valence-corrected chi connectivity index (χ1v) is 32.8. The van der Waals surface area contributed by atoms with Crippen LogP contribution >= 0.6 is 11.3 Å². The third kappa shape index (κ3) is 8.11. The van der Waals surface area contributed by atoms with Gasteiger partial charge in [-0.15, -0.1) is 11.3 Å². The summed E-state index contributed by atoms with van der Waals surface area (Å²) in [6, 6.07) is 77.1. The van der Waals surface area contributed by atoms with Gasteiger partial charge in [-0.2, -0.15) is 0 Å². The summed E-state index contributed by atoms with van der Waals surface area (Å²) in [6.07, 6.45) is 4.75. The normalized spacial score (nSPS) is 18.0. The Morgan fingerprint density at radius 3 is 1.70 bits per heavy atom. The van der Waals surface area contributed by atoms with Gasteiger partial charge < -0.3 is 24.0 Å². The largest absolute Gasteiger partial charge is 0.454 e. The highest BCUT2D eigenvalue weighted by molar-refractivity contribution is 7.26. The molecule has 436 valence electrons. The number of hydrogen-bond donors (Lipinski definition) is 0. The minimum atomic E-state index is -0.136. The molecular formula is C81H77BN4OS. The molecule has 5 nitrogen and oxygen atoms in total. The second kappa shape index (κ2) is 19.2. The summed E-state index contributed by atoms with van der Waals surface area (Å²) in [4.78, 5) is 10.5. The summed E-state index contributed by atoms with van der Waals surface area (Å²) in [6.45, 7) is 28.2. The van der Waals surface area contributed by atoms with Crippen molar-refractivity contribution in [3.8, 4) is 0 Å². The van der Waals surface area contributed by atoms with Gasteiger partial charge >= 0.3 is 0 Å². The molecule has 2 aromatic heterocycles. The minimum Gasteiger partial charge on any atom is -0.454 e. The molecule has 16 rings (SSSR count). The molecule has 0 bridgehead atoms. The smallest absolute Gasteiger partial charge is 0.252 e. The Morgan fingerprint density at radius 2 is 1.02 bits per heavy atom. The average Bonchev–Trinajstić information content (AvgIpc) is 1.16. The summed E-state index contributed by atoms with van der Waals surface area (Å²) in [5.74, 6) is 0. The zero-order valence-corrected chi connectivity index (χ0v) is 53.9. The summed E-state index contributed by atoms with van der Waals surface area (Å²) >= 11 is 1.91. The Hall–Kier alpha value is -8.52. The van der Waals surface area contributed by atoms with E-state index in [1.54, 1.807) is 0 Å². The number of rotatable bonds is 6. The quantitative estimate of drug-likeness (QED) is 0.155. The van der Waals surface area contributed by atoms with Crippen molar-refractivity contribution in [2.75, 3.05) is 19.6 Å². The van der Waals surface area contributed by atoms with Crippen LogP contribution in [0.2, 0.25) is 0 Å². The van der Waals surface area contributed by atoms with Crippen LogP contribution in [0.3, 0.4) is 0 Å². The van der Waals surface area contributed by atoms with Crippen molar-refractivity contribution < 1.29 is 4.42 Å². The van der Waals surface area contributed by atoms with Crippen molar-refractivity contribution in [1.82, 2.24) is 0 Å². The third-order valence-corrected chi connectivity index (χ3v) is 22.1. The van der Waals surface area contributed by atoms with Crippen molar-refractivity contribution in [3.05, 3.63) is 228 Å². The Balaban J connectivity index is 0.981. The van der Waals surface area contributed by atoms with Crippen LogP contribution in [0.1, 0.15) is 130 Å². The fourth-order valence-corrected chi connectivity index (χ4v) is 17.2. The summed E-state index contributed by atoms with van der Waals surface area (Å²) in [5, 5.41) is 4.80. The van der Waals surface area contributed by atoms with Gasteiger partial charge in [-0.3, -0.25) is 0 Å². The molecule has 7 heteroatoms. The highest BCUT2D eigenvalue weighted by atomic mass is 32.1. The molecule has 5 heterocycles. The van der Waals surface area contributed by atoms with E-state index in [2.05, 4.69) is 303 Å². The molecule has 88 heavy (non-hydrogen) atoms. The van der Waals surface area contributed by atoms with E-state index in [0.717, 1.165) is 62.5 Å². The van der Waals surface area contributed by atoms with Crippen molar-refractivity contribution in [2.45, 2.75) is 136 Å². The summed E-state index contributed by atoms with van der Waals surface area (Å²) in [7, 11) is 0. The fourth-order valence-electron chi connectivity index (χ4n) is 16.0. The fraction of sp³-hybridized carbons (Fsp3) is 0.259. The van der Waals surface area contributed by atoms with Crippen LogP contribution in [-0.4, -0.2) is 12.3 Å². The molecule has 2 unspecified atom stereocenters. The van der Waals surface area contributed by atoms with Gasteiger partial charge in [0.15, 0.2) is 5.58 Å². The molecule has 0 radical (unpaired) electrons. The van der Waals surface area contributed by atoms with Gasteiger partial charge in [0.25, 0.3) is 6.71 Å². The summed E-state index contributed by atoms with van der Waals surface area (Å²) in [5.41, 5.74) is 25.0. The summed E-state index contributed by atoms with van der Waals surface area (Å²) < 4.78 is 9.70. The van der Waals surface area contributed by atoms with E-state index in [0.29, 0.717) is 0 Å². The number of furan rings is 1. The Morgan fingerprint density at radius 1 is 0.466 bits per heavy atom. The number of fused-ring (bicyclic) bond motifs is 13. The van der Waals surface area contributed by atoms with Crippen LogP contribution < -0.4 is 36.0 Å². The first-order chi connectivity index (χ1) is 42.2. The molecule has 3 aliphatic heterocycles. The molecule has 12 aromatic rings. The maximum Gasteiger partial charge on any atom is 0.252 e. The van der Waals surface area contributed by atoms with Crippen LogP contribution in [0.15, 0.2) is 205 Å². The highest BCUT2D eigenvalue weighted by Crippen LogP contribution is 2.62. The lowest BCUT2D eigenvalue weighted by molar-refractivity contribution is 0.195. The molecule has 0 saturated heterocycles. The predicted octanol–water partition coefficient (Wildman–Crippen LogP) is 21.4. The maximum atomic E-state index is 7.11. The number of anilines is 11. The van der Waals surface area contributed by atoms with Crippen molar-refractivity contribution >= 4 is 139 Å². The number of benzene rings is 10. The Labute approximate surface area is 523 Å². The molecular weight excluding hydrogens is 1090 g/mol. The van der Waals surface area contributed by atoms with Gasteiger partial charge in [-0.05, 0) is 178 Å². The molecule has 4 aliphatic rings. The van der Waals surface area contributed by atoms with Gasteiger partial charge in [0, 0.05) is 82.8 Å². The highest BCUT2D eigenvalue weighted by Gasteiger charge is 2.58. The number of hydrogen-bond acceptors (Lipinski definition) is 6. The minimum absolute atomic E-state index is 0.00659. The van der Waals surface area contributed by atoms with E-state index < -0.39 is 0 Å². The van der Waals surface area contributed by atoms with Crippen LogP contribution in [0, 0.1) is 6.92 Å². The lowest BCUT2D eigenvalue weighted by atomic mass is 9.33. The van der Waals surface area contributed by atoms with Gasteiger partial charge in [-0.1, -0.05) is 191 Å². The van der Waals surface area contributed by atoms with E-state index in [1.807, 2.05) is 11.3 Å². The number of nitrogens with zero attached hydrogens (tertiary/aromatic N) is 4. The van der Waals surface area contributed by atoms with E-state index in [9.17, 15) is 0 Å². The molecule has 0 amide bonds. The molecule has 2 atom stereocenters. The molecule has 0 spiro atoms. The predicted molar refractivity (Wildman–Crippen MR) is 379 cm³/mol. The lowest BCUT2D eigenvalue weighted by Crippen LogP contribution is -2.61. The van der Waals surface area contributed by atoms with Gasteiger partial charge in [0.2, 0.25) is 0 Å². The van der Waals surface area contributed by atoms with E-state index in [-0.39, 0.29) is 33.9 Å². The van der Waals surface area contributed by atoms with Gasteiger partial charge in [-0.25, -0.2) is 0 Å².